The van der Waals surface area contributed by atoms with Crippen molar-refractivity contribution in [3.05, 3.63) is 82.5 Å². The maximum atomic E-state index is 13.7. The molecule has 0 bridgehead atoms. The Labute approximate surface area is 153 Å². The molecule has 2 aromatic carbocycles. The van der Waals surface area contributed by atoms with Gasteiger partial charge in [0.1, 0.15) is 29.1 Å². The first kappa shape index (κ1) is 17.8. The highest BCUT2D eigenvalue weighted by Crippen LogP contribution is 2.25. The van der Waals surface area contributed by atoms with Crippen LogP contribution in [0.2, 0.25) is 0 Å². The average molecular weight is 368 g/mol. The van der Waals surface area contributed by atoms with Crippen molar-refractivity contribution >= 4 is 17.6 Å². The van der Waals surface area contributed by atoms with Crippen molar-refractivity contribution in [1.82, 2.24) is 9.97 Å². The van der Waals surface area contributed by atoms with Crippen molar-refractivity contribution in [2.24, 2.45) is 0 Å². The number of nitrogens with zero attached hydrogens (tertiary/aromatic N) is 3. The van der Waals surface area contributed by atoms with Gasteiger partial charge in [0.2, 0.25) is 0 Å². The van der Waals surface area contributed by atoms with Crippen molar-refractivity contribution in [2.75, 3.05) is 5.73 Å². The summed E-state index contributed by atoms with van der Waals surface area (Å²) in [4.78, 5) is 8.50. The molecule has 2 N–H and O–H groups in total. The third-order valence-corrected chi connectivity index (χ3v) is 4.57. The number of aromatic nitrogens is 2. The van der Waals surface area contributed by atoms with E-state index < -0.39 is 0 Å². The molecule has 0 fully saturated rings. The molecule has 3 rings (SSSR count). The lowest BCUT2D eigenvalue weighted by atomic mass is 10.1. The summed E-state index contributed by atoms with van der Waals surface area (Å²) in [5.41, 5.74) is 7.66. The molecule has 130 valence electrons. The van der Waals surface area contributed by atoms with Crippen LogP contribution in [-0.2, 0) is 12.2 Å². The zero-order valence-corrected chi connectivity index (χ0v) is 14.4. The lowest BCUT2D eigenvalue weighted by Crippen LogP contribution is -2.06. The smallest absolute Gasteiger partial charge is 0.190 e. The topological polar surface area (TPSA) is 75.6 Å². The second-order valence-corrected chi connectivity index (χ2v) is 6.45. The fourth-order valence-electron chi connectivity index (χ4n) is 2.42. The molecule has 7 heteroatoms. The van der Waals surface area contributed by atoms with E-state index in [1.807, 2.05) is 6.07 Å². The van der Waals surface area contributed by atoms with Crippen LogP contribution in [0, 0.1) is 23.0 Å². The number of benzene rings is 2. The van der Waals surface area contributed by atoms with Crippen LogP contribution in [0.3, 0.4) is 0 Å². The summed E-state index contributed by atoms with van der Waals surface area (Å²) in [6.45, 7) is 0. The summed E-state index contributed by atoms with van der Waals surface area (Å²) in [6, 6.07) is 14.5. The number of rotatable bonds is 5. The highest BCUT2D eigenvalue weighted by Gasteiger charge is 2.14. The highest BCUT2D eigenvalue weighted by molar-refractivity contribution is 7.98. The number of hydrogen-bond acceptors (Lipinski definition) is 5. The van der Waals surface area contributed by atoms with Crippen LogP contribution in [0.1, 0.15) is 22.4 Å². The predicted molar refractivity (Wildman–Crippen MR) is 96.3 cm³/mol. The molecule has 0 aliphatic rings. The van der Waals surface area contributed by atoms with Crippen molar-refractivity contribution in [1.29, 1.82) is 5.26 Å². The van der Waals surface area contributed by atoms with Crippen LogP contribution in [0.25, 0.3) is 0 Å². The van der Waals surface area contributed by atoms with E-state index in [-0.39, 0.29) is 29.4 Å². The van der Waals surface area contributed by atoms with Crippen molar-refractivity contribution in [2.45, 2.75) is 17.3 Å². The summed E-state index contributed by atoms with van der Waals surface area (Å²) in [5, 5.41) is 9.67. The molecule has 0 aliphatic carbocycles. The number of thioether (sulfide) groups is 1. The summed E-state index contributed by atoms with van der Waals surface area (Å²) in [6.07, 6.45) is 0.251. The van der Waals surface area contributed by atoms with Gasteiger partial charge in [-0.25, -0.2) is 18.7 Å². The van der Waals surface area contributed by atoms with Gasteiger partial charge < -0.3 is 5.73 Å². The molecule has 0 amide bonds. The van der Waals surface area contributed by atoms with Gasteiger partial charge in [-0.1, -0.05) is 42.1 Å². The Bertz CT molecular complexity index is 986. The molecule has 4 nitrogen and oxygen atoms in total. The normalized spacial score (nSPS) is 10.5. The number of nitrogens with two attached hydrogens (primary N) is 1. The molecule has 3 aromatic rings. The fraction of sp³-hybridized carbons (Fsp3) is 0.105. The van der Waals surface area contributed by atoms with Gasteiger partial charge >= 0.3 is 0 Å². The SMILES string of the molecule is N#Cc1c(N)nc(SCc2ccccc2F)nc1Cc1cccc(F)c1. The molecule has 1 heterocycles. The minimum Gasteiger partial charge on any atom is -0.382 e. The van der Waals surface area contributed by atoms with E-state index in [1.54, 1.807) is 30.3 Å². The molecule has 26 heavy (non-hydrogen) atoms. The minimum absolute atomic E-state index is 0.0601. The molecule has 0 saturated carbocycles. The second-order valence-electron chi connectivity index (χ2n) is 5.51. The van der Waals surface area contributed by atoms with E-state index in [4.69, 9.17) is 5.73 Å². The summed E-state index contributed by atoms with van der Waals surface area (Å²) >= 11 is 1.22. The van der Waals surface area contributed by atoms with Gasteiger partial charge in [0, 0.05) is 12.2 Å². The standard InChI is InChI=1S/C19H14F2N4S/c20-14-6-3-4-12(8-14)9-17-15(10-22)18(23)25-19(24-17)26-11-13-5-1-2-7-16(13)21/h1-8H,9,11H2,(H2,23,24,25). The van der Waals surface area contributed by atoms with Gasteiger partial charge in [-0.2, -0.15) is 5.26 Å². The molecule has 0 spiro atoms. The molecular weight excluding hydrogens is 354 g/mol. The van der Waals surface area contributed by atoms with Crippen LogP contribution >= 0.6 is 11.8 Å². The number of hydrogen-bond donors (Lipinski definition) is 1. The highest BCUT2D eigenvalue weighted by atomic mass is 32.2. The van der Waals surface area contributed by atoms with E-state index in [2.05, 4.69) is 9.97 Å². The number of halogens is 2. The van der Waals surface area contributed by atoms with Gasteiger partial charge in [-0.15, -0.1) is 0 Å². The largest absolute Gasteiger partial charge is 0.382 e. The fourth-order valence-corrected chi connectivity index (χ4v) is 3.27. The quantitative estimate of drug-likeness (QED) is 0.542. The minimum atomic E-state index is -0.364. The van der Waals surface area contributed by atoms with Crippen LogP contribution in [0.15, 0.2) is 53.7 Å². The lowest BCUT2D eigenvalue weighted by Gasteiger charge is -2.09. The van der Waals surface area contributed by atoms with Gasteiger partial charge in [0.25, 0.3) is 0 Å². The van der Waals surface area contributed by atoms with E-state index in [0.717, 1.165) is 0 Å². The second kappa shape index (κ2) is 7.93. The Morgan fingerprint density at radius 2 is 1.88 bits per heavy atom. The van der Waals surface area contributed by atoms with Crippen molar-refractivity contribution in [3.8, 4) is 6.07 Å². The Morgan fingerprint density at radius 3 is 2.62 bits per heavy atom. The van der Waals surface area contributed by atoms with Crippen LogP contribution in [0.4, 0.5) is 14.6 Å². The molecule has 0 aliphatic heterocycles. The zero-order chi connectivity index (χ0) is 18.5. The zero-order valence-electron chi connectivity index (χ0n) is 13.6. The van der Waals surface area contributed by atoms with Crippen LogP contribution in [0.5, 0.6) is 0 Å². The van der Waals surface area contributed by atoms with Gasteiger partial charge in [-0.05, 0) is 29.3 Å². The Morgan fingerprint density at radius 1 is 1.08 bits per heavy atom. The summed E-state index contributed by atoms with van der Waals surface area (Å²) < 4.78 is 27.1. The van der Waals surface area contributed by atoms with Crippen LogP contribution < -0.4 is 5.73 Å². The van der Waals surface area contributed by atoms with Gasteiger partial charge in [-0.3, -0.25) is 0 Å². The Kier molecular flexibility index (Phi) is 5.44. The number of nitrogen functional groups attached to an aromatic ring is 1. The molecule has 0 unspecified atom stereocenters. The predicted octanol–water partition coefficient (Wildman–Crippen LogP) is 4.09. The third kappa shape index (κ3) is 4.16. The molecule has 0 saturated heterocycles. The first-order valence-corrected chi connectivity index (χ1v) is 8.72. The summed E-state index contributed by atoms with van der Waals surface area (Å²) in [7, 11) is 0. The lowest BCUT2D eigenvalue weighted by molar-refractivity contribution is 0.617. The average Bonchev–Trinajstić information content (AvgIpc) is 2.61. The van der Waals surface area contributed by atoms with E-state index in [9.17, 15) is 14.0 Å². The molecule has 0 radical (unpaired) electrons. The Hall–Kier alpha value is -2.98. The molecule has 0 atom stereocenters. The number of nitriles is 1. The maximum Gasteiger partial charge on any atom is 0.190 e. The van der Waals surface area contributed by atoms with Crippen molar-refractivity contribution < 1.29 is 8.78 Å². The molecular formula is C19H14F2N4S. The maximum absolute atomic E-state index is 13.7. The van der Waals surface area contributed by atoms with Gasteiger partial charge in [0.15, 0.2) is 5.16 Å². The first-order chi connectivity index (χ1) is 12.6. The molecule has 1 aromatic heterocycles. The van der Waals surface area contributed by atoms with Crippen molar-refractivity contribution in [3.63, 3.8) is 0 Å². The van der Waals surface area contributed by atoms with E-state index in [0.29, 0.717) is 27.7 Å². The number of anilines is 1. The van der Waals surface area contributed by atoms with Crippen LogP contribution in [-0.4, -0.2) is 9.97 Å². The van der Waals surface area contributed by atoms with Gasteiger partial charge in [0.05, 0.1) is 5.69 Å². The monoisotopic (exact) mass is 368 g/mol. The van der Waals surface area contributed by atoms with E-state index >= 15 is 0 Å². The third-order valence-electron chi connectivity index (χ3n) is 3.68. The Balaban J connectivity index is 1.87. The van der Waals surface area contributed by atoms with E-state index in [1.165, 1.54) is 30.0 Å². The first-order valence-electron chi connectivity index (χ1n) is 7.74. The summed E-state index contributed by atoms with van der Waals surface area (Å²) in [5.74, 6) is -0.277.